The Kier molecular flexibility index (Phi) is 6.05. The van der Waals surface area contributed by atoms with Crippen LogP contribution in [0, 0.1) is 0 Å². The fourth-order valence-electron chi connectivity index (χ4n) is 1.51. The van der Waals surface area contributed by atoms with Gasteiger partial charge < -0.3 is 13.9 Å². The molecule has 0 amide bonds. The Hall–Kier alpha value is -1.26. The molecular weight excluding hydrogens is 280 g/mol. The van der Waals surface area contributed by atoms with Crippen LogP contribution in [-0.2, 0) is 4.43 Å². The standard InChI is InChI=1S/C17H28O3Si/c1-8-14(13-19-21(6,7)17(2,3)4)20-16-11-9-10-15(12-16)18-5/h8-12,14H,1,13H2,2-7H3. The normalized spacial score (nSPS) is 13.6. The molecule has 0 radical (unpaired) electrons. The Labute approximate surface area is 130 Å². The minimum atomic E-state index is -1.77. The monoisotopic (exact) mass is 308 g/mol. The van der Waals surface area contributed by atoms with Gasteiger partial charge in [0, 0.05) is 6.07 Å². The predicted octanol–water partition coefficient (Wildman–Crippen LogP) is 4.65. The van der Waals surface area contributed by atoms with Gasteiger partial charge in [-0.2, -0.15) is 0 Å². The van der Waals surface area contributed by atoms with E-state index in [2.05, 4.69) is 40.4 Å². The number of ether oxygens (including phenoxy) is 2. The summed E-state index contributed by atoms with van der Waals surface area (Å²) in [4.78, 5) is 0. The summed E-state index contributed by atoms with van der Waals surface area (Å²) >= 11 is 0. The molecule has 118 valence electrons. The molecule has 0 aliphatic rings. The van der Waals surface area contributed by atoms with E-state index in [9.17, 15) is 0 Å². The molecule has 0 bridgehead atoms. The minimum Gasteiger partial charge on any atom is -0.497 e. The average molecular weight is 308 g/mol. The molecule has 1 rings (SSSR count). The number of methoxy groups -OCH3 is 1. The summed E-state index contributed by atoms with van der Waals surface area (Å²) in [6.45, 7) is 15.5. The molecule has 0 N–H and O–H groups in total. The first-order valence-corrected chi connectivity index (χ1v) is 10.2. The van der Waals surface area contributed by atoms with Gasteiger partial charge in [0.15, 0.2) is 8.32 Å². The zero-order valence-electron chi connectivity index (χ0n) is 14.1. The van der Waals surface area contributed by atoms with Crippen LogP contribution in [0.5, 0.6) is 11.5 Å². The SMILES string of the molecule is C=CC(CO[Si](C)(C)C(C)(C)C)Oc1cccc(OC)c1. The van der Waals surface area contributed by atoms with Crippen molar-refractivity contribution >= 4 is 8.32 Å². The Morgan fingerprint density at radius 2 is 1.86 bits per heavy atom. The van der Waals surface area contributed by atoms with E-state index in [0.29, 0.717) is 6.61 Å². The van der Waals surface area contributed by atoms with Gasteiger partial charge in [-0.15, -0.1) is 0 Å². The molecule has 0 spiro atoms. The predicted molar refractivity (Wildman–Crippen MR) is 90.8 cm³/mol. The van der Waals surface area contributed by atoms with Crippen molar-refractivity contribution in [1.82, 2.24) is 0 Å². The van der Waals surface area contributed by atoms with Crippen molar-refractivity contribution in [2.24, 2.45) is 0 Å². The van der Waals surface area contributed by atoms with Crippen molar-refractivity contribution in [1.29, 1.82) is 0 Å². The van der Waals surface area contributed by atoms with E-state index in [4.69, 9.17) is 13.9 Å². The van der Waals surface area contributed by atoms with E-state index in [1.54, 1.807) is 13.2 Å². The van der Waals surface area contributed by atoms with Crippen LogP contribution < -0.4 is 9.47 Å². The van der Waals surface area contributed by atoms with Crippen LogP contribution in [0.3, 0.4) is 0 Å². The van der Waals surface area contributed by atoms with Gasteiger partial charge in [-0.3, -0.25) is 0 Å². The summed E-state index contributed by atoms with van der Waals surface area (Å²) < 4.78 is 17.3. The maximum absolute atomic E-state index is 6.19. The lowest BCUT2D eigenvalue weighted by molar-refractivity contribution is 0.153. The maximum Gasteiger partial charge on any atom is 0.192 e. The first-order chi connectivity index (χ1) is 9.69. The van der Waals surface area contributed by atoms with Gasteiger partial charge >= 0.3 is 0 Å². The molecular formula is C17H28O3Si. The Bertz CT molecular complexity index is 463. The quantitative estimate of drug-likeness (QED) is 0.542. The van der Waals surface area contributed by atoms with Gasteiger partial charge in [0.25, 0.3) is 0 Å². The molecule has 1 aromatic rings. The van der Waals surface area contributed by atoms with Crippen LogP contribution >= 0.6 is 0 Å². The summed E-state index contributed by atoms with van der Waals surface area (Å²) in [5.41, 5.74) is 0. The van der Waals surface area contributed by atoms with Crippen LogP contribution in [-0.4, -0.2) is 28.1 Å². The molecule has 0 aliphatic heterocycles. The van der Waals surface area contributed by atoms with Crippen LogP contribution in [0.2, 0.25) is 18.1 Å². The summed E-state index contributed by atoms with van der Waals surface area (Å²) in [7, 11) is -0.128. The van der Waals surface area contributed by atoms with E-state index in [-0.39, 0.29) is 11.1 Å². The van der Waals surface area contributed by atoms with Crippen LogP contribution in [0.25, 0.3) is 0 Å². The smallest absolute Gasteiger partial charge is 0.192 e. The van der Waals surface area contributed by atoms with Gasteiger partial charge in [0.05, 0.1) is 13.7 Å². The minimum absolute atomic E-state index is 0.161. The van der Waals surface area contributed by atoms with Crippen LogP contribution in [0.4, 0.5) is 0 Å². The molecule has 1 atom stereocenters. The number of rotatable bonds is 7. The second-order valence-corrected chi connectivity index (χ2v) is 11.5. The van der Waals surface area contributed by atoms with E-state index in [1.165, 1.54) is 0 Å². The molecule has 0 saturated heterocycles. The highest BCUT2D eigenvalue weighted by Crippen LogP contribution is 2.36. The van der Waals surface area contributed by atoms with Crippen molar-refractivity contribution in [3.8, 4) is 11.5 Å². The van der Waals surface area contributed by atoms with E-state index >= 15 is 0 Å². The first kappa shape index (κ1) is 17.8. The number of benzene rings is 1. The van der Waals surface area contributed by atoms with E-state index in [0.717, 1.165) is 11.5 Å². The Morgan fingerprint density at radius 3 is 2.38 bits per heavy atom. The maximum atomic E-state index is 6.19. The van der Waals surface area contributed by atoms with Gasteiger partial charge in [-0.1, -0.05) is 33.4 Å². The highest BCUT2D eigenvalue weighted by atomic mass is 28.4. The lowest BCUT2D eigenvalue weighted by Crippen LogP contribution is -2.43. The van der Waals surface area contributed by atoms with Crippen LogP contribution in [0.1, 0.15) is 20.8 Å². The zero-order valence-corrected chi connectivity index (χ0v) is 15.1. The largest absolute Gasteiger partial charge is 0.497 e. The van der Waals surface area contributed by atoms with E-state index < -0.39 is 8.32 Å². The Morgan fingerprint density at radius 1 is 1.24 bits per heavy atom. The molecule has 0 aromatic heterocycles. The van der Waals surface area contributed by atoms with Gasteiger partial charge in [0.1, 0.15) is 17.6 Å². The third-order valence-corrected chi connectivity index (χ3v) is 8.51. The second kappa shape index (κ2) is 7.14. The van der Waals surface area contributed by atoms with Crippen LogP contribution in [0.15, 0.2) is 36.9 Å². The summed E-state index contributed by atoms with van der Waals surface area (Å²) in [5, 5.41) is 0.189. The lowest BCUT2D eigenvalue weighted by Gasteiger charge is -2.37. The topological polar surface area (TPSA) is 27.7 Å². The third-order valence-electron chi connectivity index (χ3n) is 4.01. The van der Waals surface area contributed by atoms with Crippen molar-refractivity contribution in [3.05, 3.63) is 36.9 Å². The highest BCUT2D eigenvalue weighted by Gasteiger charge is 2.37. The molecule has 1 unspecified atom stereocenters. The van der Waals surface area contributed by atoms with Gasteiger partial charge in [0.2, 0.25) is 0 Å². The number of hydrogen-bond acceptors (Lipinski definition) is 3. The summed E-state index contributed by atoms with van der Waals surface area (Å²) in [6, 6.07) is 7.57. The van der Waals surface area contributed by atoms with Gasteiger partial charge in [-0.25, -0.2) is 0 Å². The molecule has 0 heterocycles. The Balaban J connectivity index is 2.66. The molecule has 1 aromatic carbocycles. The first-order valence-electron chi connectivity index (χ1n) is 7.27. The molecule has 21 heavy (non-hydrogen) atoms. The fourth-order valence-corrected chi connectivity index (χ4v) is 2.52. The average Bonchev–Trinajstić information content (AvgIpc) is 2.42. The number of hydrogen-bond donors (Lipinski definition) is 0. The van der Waals surface area contributed by atoms with Gasteiger partial charge in [-0.05, 0) is 36.3 Å². The van der Waals surface area contributed by atoms with Crippen molar-refractivity contribution in [2.75, 3.05) is 13.7 Å². The van der Waals surface area contributed by atoms with Crippen molar-refractivity contribution < 1.29 is 13.9 Å². The lowest BCUT2D eigenvalue weighted by atomic mass is 10.2. The fraction of sp³-hybridized carbons (Fsp3) is 0.529. The molecule has 0 saturated carbocycles. The molecule has 3 nitrogen and oxygen atoms in total. The summed E-state index contributed by atoms with van der Waals surface area (Å²) in [6.07, 6.45) is 1.62. The van der Waals surface area contributed by atoms with E-state index in [1.807, 2.05) is 24.3 Å². The second-order valence-electron chi connectivity index (χ2n) is 6.64. The summed E-state index contributed by atoms with van der Waals surface area (Å²) in [5.74, 6) is 1.54. The van der Waals surface area contributed by atoms with Crippen molar-refractivity contribution in [3.63, 3.8) is 0 Å². The molecule has 4 heteroatoms. The zero-order chi connectivity index (χ0) is 16.1. The highest BCUT2D eigenvalue weighted by molar-refractivity contribution is 6.74. The molecule has 0 fully saturated rings. The molecule has 0 aliphatic carbocycles. The third kappa shape index (κ3) is 5.21. The van der Waals surface area contributed by atoms with Crippen molar-refractivity contribution in [2.45, 2.75) is 45.0 Å².